The van der Waals surface area contributed by atoms with E-state index in [1.165, 1.54) is 10.9 Å². The van der Waals surface area contributed by atoms with Crippen LogP contribution in [0.5, 0.6) is 5.75 Å². The first-order valence-electron chi connectivity index (χ1n) is 9.98. The zero-order valence-corrected chi connectivity index (χ0v) is 17.8. The van der Waals surface area contributed by atoms with E-state index in [9.17, 15) is 9.59 Å². The average Bonchev–Trinajstić information content (AvgIpc) is 2.77. The van der Waals surface area contributed by atoms with Crippen LogP contribution in [0.2, 0.25) is 0 Å². The third-order valence-corrected chi connectivity index (χ3v) is 4.29. The summed E-state index contributed by atoms with van der Waals surface area (Å²) >= 11 is 0. The van der Waals surface area contributed by atoms with Crippen LogP contribution in [0.25, 0.3) is 5.69 Å². The number of rotatable bonds is 9. The van der Waals surface area contributed by atoms with E-state index in [1.807, 2.05) is 32.0 Å². The Kier molecular flexibility index (Phi) is 7.40. The van der Waals surface area contributed by atoms with Crippen molar-refractivity contribution in [3.8, 4) is 11.4 Å². The predicted molar refractivity (Wildman–Crippen MR) is 120 cm³/mol. The lowest BCUT2D eigenvalue weighted by Gasteiger charge is -2.16. The normalized spacial score (nSPS) is 10.7. The Morgan fingerprint density at radius 1 is 1.13 bits per heavy atom. The van der Waals surface area contributed by atoms with E-state index in [4.69, 9.17) is 9.47 Å². The lowest BCUT2D eigenvalue weighted by Crippen LogP contribution is -2.27. The number of benzene rings is 2. The van der Waals surface area contributed by atoms with Gasteiger partial charge in [-0.1, -0.05) is 24.3 Å². The van der Waals surface area contributed by atoms with Gasteiger partial charge in [0.25, 0.3) is 11.5 Å². The summed E-state index contributed by atoms with van der Waals surface area (Å²) in [6.07, 6.45) is 1.37. The number of methoxy groups -OCH3 is 1. The van der Waals surface area contributed by atoms with Gasteiger partial charge in [-0.05, 0) is 44.2 Å². The summed E-state index contributed by atoms with van der Waals surface area (Å²) in [6.45, 7) is 4.58. The van der Waals surface area contributed by atoms with Crippen LogP contribution in [0.4, 0.5) is 11.4 Å². The largest absolute Gasteiger partial charge is 0.487 e. The molecule has 1 heterocycles. The second kappa shape index (κ2) is 10.4. The van der Waals surface area contributed by atoms with Crippen LogP contribution >= 0.6 is 0 Å². The zero-order chi connectivity index (χ0) is 22.2. The van der Waals surface area contributed by atoms with Crippen molar-refractivity contribution in [3.05, 3.63) is 76.7 Å². The molecule has 0 aliphatic heterocycles. The van der Waals surface area contributed by atoms with Gasteiger partial charge in [0.1, 0.15) is 0 Å². The zero-order valence-electron chi connectivity index (χ0n) is 17.8. The number of carbonyl (C=O) groups excluding carboxylic acids is 1. The summed E-state index contributed by atoms with van der Waals surface area (Å²) in [5.41, 5.74) is 1.56. The number of para-hydroxylation sites is 1. The molecule has 0 radical (unpaired) electrons. The highest BCUT2D eigenvalue weighted by Crippen LogP contribution is 2.25. The Balaban J connectivity index is 1.95. The highest BCUT2D eigenvalue weighted by molar-refractivity contribution is 5.95. The molecule has 0 saturated heterocycles. The number of hydrogen-bond donors (Lipinski definition) is 2. The fourth-order valence-corrected chi connectivity index (χ4v) is 2.90. The Morgan fingerprint density at radius 2 is 1.90 bits per heavy atom. The molecule has 0 bridgehead atoms. The van der Waals surface area contributed by atoms with Gasteiger partial charge in [0.15, 0.2) is 11.4 Å². The van der Waals surface area contributed by atoms with Crippen LogP contribution in [-0.2, 0) is 4.74 Å². The summed E-state index contributed by atoms with van der Waals surface area (Å²) in [5, 5.41) is 10.1. The Morgan fingerprint density at radius 3 is 2.61 bits per heavy atom. The van der Waals surface area contributed by atoms with E-state index in [1.54, 1.807) is 43.5 Å². The molecule has 0 saturated carbocycles. The highest BCUT2D eigenvalue weighted by Gasteiger charge is 2.16. The van der Waals surface area contributed by atoms with Crippen LogP contribution in [0, 0.1) is 0 Å². The molecule has 8 nitrogen and oxygen atoms in total. The Bertz CT molecular complexity index is 1080. The predicted octanol–water partition coefficient (Wildman–Crippen LogP) is 3.14. The standard InChI is InChI=1S/C23H26N4O4/c1-16(2)31-20-15-25-27(19-10-5-4-6-11-19)23(29)21(20)26-18-9-7-8-17(14-18)22(28)24-12-13-30-3/h4-11,14-16,26H,12-13H2,1-3H3,(H,24,28). The molecule has 1 amide bonds. The van der Waals surface area contributed by atoms with Gasteiger partial charge in [-0.25, -0.2) is 0 Å². The monoisotopic (exact) mass is 422 g/mol. The smallest absolute Gasteiger partial charge is 0.299 e. The van der Waals surface area contributed by atoms with E-state index in [0.29, 0.717) is 35.8 Å². The number of nitrogens with one attached hydrogen (secondary N) is 2. The van der Waals surface area contributed by atoms with Crippen molar-refractivity contribution in [2.45, 2.75) is 20.0 Å². The molecule has 0 atom stereocenters. The summed E-state index contributed by atoms with van der Waals surface area (Å²) < 4.78 is 12.1. The maximum atomic E-state index is 13.2. The lowest BCUT2D eigenvalue weighted by atomic mass is 10.2. The van der Waals surface area contributed by atoms with Crippen LogP contribution in [0.3, 0.4) is 0 Å². The molecule has 0 fully saturated rings. The first-order chi connectivity index (χ1) is 15.0. The number of carbonyl (C=O) groups is 1. The Hall–Kier alpha value is -3.65. The van der Waals surface area contributed by atoms with Crippen LogP contribution < -0.4 is 20.9 Å². The molecule has 2 N–H and O–H groups in total. The number of ether oxygens (including phenoxy) is 2. The summed E-state index contributed by atoms with van der Waals surface area (Å²) in [5.74, 6) is 0.109. The minimum atomic E-state index is -0.362. The van der Waals surface area contributed by atoms with Crippen molar-refractivity contribution in [2.75, 3.05) is 25.6 Å². The average molecular weight is 422 g/mol. The number of hydrogen-bond acceptors (Lipinski definition) is 6. The highest BCUT2D eigenvalue weighted by atomic mass is 16.5. The number of nitrogens with zero attached hydrogens (tertiary/aromatic N) is 2. The summed E-state index contributed by atoms with van der Waals surface area (Å²) in [7, 11) is 1.57. The maximum Gasteiger partial charge on any atom is 0.299 e. The molecular weight excluding hydrogens is 396 g/mol. The molecule has 2 aromatic carbocycles. The van der Waals surface area contributed by atoms with Crippen molar-refractivity contribution < 1.29 is 14.3 Å². The molecule has 3 rings (SSSR count). The van der Waals surface area contributed by atoms with E-state index in [-0.39, 0.29) is 23.3 Å². The van der Waals surface area contributed by atoms with E-state index < -0.39 is 0 Å². The van der Waals surface area contributed by atoms with E-state index in [2.05, 4.69) is 15.7 Å². The van der Waals surface area contributed by atoms with Crippen LogP contribution in [0.15, 0.2) is 65.6 Å². The molecule has 3 aromatic rings. The molecule has 0 aliphatic carbocycles. The molecule has 0 spiro atoms. The van der Waals surface area contributed by atoms with Crippen molar-refractivity contribution in [1.82, 2.24) is 15.1 Å². The van der Waals surface area contributed by atoms with Gasteiger partial charge in [0.2, 0.25) is 0 Å². The van der Waals surface area contributed by atoms with E-state index >= 15 is 0 Å². The van der Waals surface area contributed by atoms with Gasteiger partial charge in [-0.2, -0.15) is 9.78 Å². The van der Waals surface area contributed by atoms with Crippen molar-refractivity contribution in [2.24, 2.45) is 0 Å². The second-order valence-electron chi connectivity index (χ2n) is 7.06. The van der Waals surface area contributed by atoms with E-state index in [0.717, 1.165) is 0 Å². The molecule has 8 heteroatoms. The summed E-state index contributed by atoms with van der Waals surface area (Å²) in [4.78, 5) is 25.6. The van der Waals surface area contributed by atoms with Crippen molar-refractivity contribution in [1.29, 1.82) is 0 Å². The van der Waals surface area contributed by atoms with Crippen LogP contribution in [-0.4, -0.2) is 42.1 Å². The van der Waals surface area contributed by atoms with Crippen molar-refractivity contribution >= 4 is 17.3 Å². The minimum Gasteiger partial charge on any atom is -0.487 e. The quantitative estimate of drug-likeness (QED) is 0.515. The SMILES string of the molecule is COCCNC(=O)c1cccc(Nc2c(OC(C)C)cnn(-c3ccccc3)c2=O)c1. The molecule has 31 heavy (non-hydrogen) atoms. The van der Waals surface area contributed by atoms with Gasteiger partial charge >= 0.3 is 0 Å². The lowest BCUT2D eigenvalue weighted by molar-refractivity contribution is 0.0937. The fourth-order valence-electron chi connectivity index (χ4n) is 2.90. The second-order valence-corrected chi connectivity index (χ2v) is 7.06. The molecular formula is C23H26N4O4. The maximum absolute atomic E-state index is 13.2. The first kappa shape index (κ1) is 22.0. The third kappa shape index (κ3) is 5.70. The van der Waals surface area contributed by atoms with Gasteiger partial charge in [0.05, 0.1) is 24.6 Å². The van der Waals surface area contributed by atoms with Gasteiger partial charge in [-0.3, -0.25) is 9.59 Å². The Labute approximate surface area is 180 Å². The molecule has 0 aliphatic rings. The molecule has 1 aromatic heterocycles. The number of anilines is 2. The van der Waals surface area contributed by atoms with Crippen LogP contribution in [0.1, 0.15) is 24.2 Å². The third-order valence-electron chi connectivity index (χ3n) is 4.29. The number of aromatic nitrogens is 2. The topological polar surface area (TPSA) is 94.5 Å². The first-order valence-corrected chi connectivity index (χ1v) is 9.98. The fraction of sp³-hybridized carbons (Fsp3) is 0.261. The molecule has 162 valence electrons. The van der Waals surface area contributed by atoms with Gasteiger partial charge < -0.3 is 20.1 Å². The number of amides is 1. The summed E-state index contributed by atoms with van der Waals surface area (Å²) in [6, 6.07) is 16.0. The minimum absolute atomic E-state index is 0.146. The van der Waals surface area contributed by atoms with Crippen molar-refractivity contribution in [3.63, 3.8) is 0 Å². The van der Waals surface area contributed by atoms with Gasteiger partial charge in [-0.15, -0.1) is 0 Å². The van der Waals surface area contributed by atoms with Gasteiger partial charge in [0, 0.05) is 24.9 Å². The molecule has 0 unspecified atom stereocenters.